The van der Waals surface area contributed by atoms with Crippen LogP contribution in [0.2, 0.25) is 0 Å². The van der Waals surface area contributed by atoms with E-state index in [1.54, 1.807) is 30.6 Å². The van der Waals surface area contributed by atoms with Crippen molar-refractivity contribution in [3.63, 3.8) is 0 Å². The molecule has 1 unspecified atom stereocenters. The van der Waals surface area contributed by atoms with Crippen LogP contribution in [0.4, 0.5) is 10.2 Å². The second kappa shape index (κ2) is 7.57. The molecule has 2 aromatic heterocycles. The number of thiazole rings is 1. The highest BCUT2D eigenvalue weighted by molar-refractivity contribution is 7.11. The van der Waals surface area contributed by atoms with Crippen molar-refractivity contribution < 1.29 is 4.39 Å². The highest BCUT2D eigenvalue weighted by atomic mass is 32.1. The second-order valence-corrected chi connectivity index (χ2v) is 6.98. The summed E-state index contributed by atoms with van der Waals surface area (Å²) < 4.78 is 13.8. The number of nitrogens with zero attached hydrogens (tertiary/aromatic N) is 4. The van der Waals surface area contributed by atoms with Crippen molar-refractivity contribution in [2.75, 3.05) is 25.0 Å². The lowest BCUT2D eigenvalue weighted by molar-refractivity contribution is 0.612. The molecule has 8 heteroatoms. The summed E-state index contributed by atoms with van der Waals surface area (Å²) in [4.78, 5) is 15.8. The van der Waals surface area contributed by atoms with Crippen LogP contribution < -0.4 is 15.5 Å². The van der Waals surface area contributed by atoms with Crippen LogP contribution in [-0.4, -0.2) is 42.1 Å². The summed E-state index contributed by atoms with van der Waals surface area (Å²) in [5.41, 5.74) is 0. The van der Waals surface area contributed by atoms with Gasteiger partial charge in [-0.15, -0.1) is 11.3 Å². The summed E-state index contributed by atoms with van der Waals surface area (Å²) in [6.07, 6.45) is 4.41. The third-order valence-electron chi connectivity index (χ3n) is 3.89. The van der Waals surface area contributed by atoms with Gasteiger partial charge in [-0.1, -0.05) is 0 Å². The standard InChI is InChI=1S/C16H21FN6S/c1-11-20-8-13(24-11)9-21-16(18-2)22-12-5-7-23(10-12)15-14(17)4-3-6-19-15/h3-4,6,8,12H,5,7,9-10H2,1-2H3,(H2,18,21,22). The predicted octanol–water partition coefficient (Wildman–Crippen LogP) is 1.93. The van der Waals surface area contributed by atoms with E-state index in [1.165, 1.54) is 10.9 Å². The van der Waals surface area contributed by atoms with Crippen LogP contribution in [0.5, 0.6) is 0 Å². The number of rotatable bonds is 4. The van der Waals surface area contributed by atoms with E-state index in [4.69, 9.17) is 0 Å². The number of aromatic nitrogens is 2. The van der Waals surface area contributed by atoms with E-state index in [1.807, 2.05) is 18.0 Å². The van der Waals surface area contributed by atoms with Crippen LogP contribution in [0.25, 0.3) is 0 Å². The first-order valence-corrected chi connectivity index (χ1v) is 8.71. The Morgan fingerprint density at radius 1 is 1.50 bits per heavy atom. The first kappa shape index (κ1) is 16.6. The van der Waals surface area contributed by atoms with Gasteiger partial charge >= 0.3 is 0 Å². The molecular formula is C16H21FN6S. The molecule has 1 atom stereocenters. The van der Waals surface area contributed by atoms with Gasteiger partial charge in [-0.05, 0) is 25.5 Å². The molecule has 0 spiro atoms. The molecule has 3 rings (SSSR count). The molecule has 24 heavy (non-hydrogen) atoms. The third-order valence-corrected chi connectivity index (χ3v) is 4.80. The lowest BCUT2D eigenvalue weighted by atomic mass is 10.3. The summed E-state index contributed by atoms with van der Waals surface area (Å²) in [6.45, 7) is 4.16. The maximum atomic E-state index is 13.8. The van der Waals surface area contributed by atoms with Gasteiger partial charge in [-0.3, -0.25) is 4.99 Å². The van der Waals surface area contributed by atoms with Crippen molar-refractivity contribution in [1.82, 2.24) is 20.6 Å². The summed E-state index contributed by atoms with van der Waals surface area (Å²) in [7, 11) is 1.75. The van der Waals surface area contributed by atoms with Crippen molar-refractivity contribution in [3.05, 3.63) is 40.2 Å². The van der Waals surface area contributed by atoms with E-state index >= 15 is 0 Å². The summed E-state index contributed by atoms with van der Waals surface area (Å²) >= 11 is 1.67. The zero-order valence-electron chi connectivity index (χ0n) is 13.8. The van der Waals surface area contributed by atoms with Crippen molar-refractivity contribution in [2.45, 2.75) is 25.9 Å². The van der Waals surface area contributed by atoms with Crippen molar-refractivity contribution in [3.8, 4) is 0 Å². The van der Waals surface area contributed by atoms with Crippen LogP contribution in [0.3, 0.4) is 0 Å². The Kier molecular flexibility index (Phi) is 5.24. The quantitative estimate of drug-likeness (QED) is 0.653. The molecule has 128 valence electrons. The molecule has 0 amide bonds. The minimum atomic E-state index is -0.277. The fourth-order valence-corrected chi connectivity index (χ4v) is 3.46. The molecule has 1 fully saturated rings. The van der Waals surface area contributed by atoms with Gasteiger partial charge in [-0.2, -0.15) is 0 Å². The van der Waals surface area contributed by atoms with Crippen LogP contribution in [-0.2, 0) is 6.54 Å². The van der Waals surface area contributed by atoms with Crippen LogP contribution in [0.15, 0.2) is 29.5 Å². The van der Waals surface area contributed by atoms with Crippen molar-refractivity contribution in [2.24, 2.45) is 4.99 Å². The first-order chi connectivity index (χ1) is 11.7. The topological polar surface area (TPSA) is 65.4 Å². The molecule has 2 aromatic rings. The monoisotopic (exact) mass is 348 g/mol. The van der Waals surface area contributed by atoms with Crippen LogP contribution >= 0.6 is 11.3 Å². The predicted molar refractivity (Wildman–Crippen MR) is 95.0 cm³/mol. The van der Waals surface area contributed by atoms with E-state index in [2.05, 4.69) is 25.6 Å². The van der Waals surface area contributed by atoms with E-state index in [0.29, 0.717) is 18.9 Å². The first-order valence-electron chi connectivity index (χ1n) is 7.89. The average Bonchev–Trinajstić information content (AvgIpc) is 3.21. The van der Waals surface area contributed by atoms with E-state index in [0.717, 1.165) is 23.9 Å². The molecule has 3 heterocycles. The Morgan fingerprint density at radius 3 is 3.08 bits per heavy atom. The minimum Gasteiger partial charge on any atom is -0.352 e. The highest BCUT2D eigenvalue weighted by Crippen LogP contribution is 2.20. The Labute approximate surface area is 144 Å². The number of nitrogens with one attached hydrogen (secondary N) is 2. The number of aryl methyl sites for hydroxylation is 1. The molecule has 0 bridgehead atoms. The minimum absolute atomic E-state index is 0.209. The Balaban J connectivity index is 1.53. The van der Waals surface area contributed by atoms with Crippen LogP contribution in [0, 0.1) is 12.7 Å². The fourth-order valence-electron chi connectivity index (χ4n) is 2.73. The fraction of sp³-hybridized carbons (Fsp3) is 0.438. The SMILES string of the molecule is CN=C(NCc1cnc(C)s1)NC1CCN(c2ncccc2F)C1. The Bertz CT molecular complexity index is 716. The number of aliphatic imine (C=N–C) groups is 1. The molecule has 0 aromatic carbocycles. The zero-order valence-corrected chi connectivity index (χ0v) is 14.6. The van der Waals surface area contributed by atoms with Gasteiger partial charge in [0.2, 0.25) is 0 Å². The molecule has 0 radical (unpaired) electrons. The molecule has 6 nitrogen and oxygen atoms in total. The Hall–Kier alpha value is -2.22. The summed E-state index contributed by atoms with van der Waals surface area (Å²) in [6, 6.07) is 3.26. The van der Waals surface area contributed by atoms with Gasteiger partial charge < -0.3 is 15.5 Å². The molecule has 1 saturated heterocycles. The number of guanidine groups is 1. The van der Waals surface area contributed by atoms with E-state index in [-0.39, 0.29) is 11.9 Å². The summed E-state index contributed by atoms with van der Waals surface area (Å²) in [5, 5.41) is 7.74. The largest absolute Gasteiger partial charge is 0.352 e. The lowest BCUT2D eigenvalue weighted by Gasteiger charge is -2.19. The highest BCUT2D eigenvalue weighted by Gasteiger charge is 2.25. The normalized spacial score (nSPS) is 18.0. The smallest absolute Gasteiger partial charge is 0.191 e. The van der Waals surface area contributed by atoms with E-state index < -0.39 is 0 Å². The maximum Gasteiger partial charge on any atom is 0.191 e. The van der Waals surface area contributed by atoms with Gasteiger partial charge in [0.25, 0.3) is 0 Å². The van der Waals surface area contributed by atoms with E-state index in [9.17, 15) is 4.39 Å². The Morgan fingerprint density at radius 2 is 2.38 bits per heavy atom. The van der Waals surface area contributed by atoms with Gasteiger partial charge in [0.05, 0.1) is 11.6 Å². The van der Waals surface area contributed by atoms with Gasteiger partial charge in [0.15, 0.2) is 17.6 Å². The van der Waals surface area contributed by atoms with Gasteiger partial charge in [-0.25, -0.2) is 14.4 Å². The molecule has 0 saturated carbocycles. The number of hydrogen-bond acceptors (Lipinski definition) is 5. The average molecular weight is 348 g/mol. The zero-order chi connectivity index (χ0) is 16.9. The summed E-state index contributed by atoms with van der Waals surface area (Å²) in [5.74, 6) is 0.889. The molecular weight excluding hydrogens is 327 g/mol. The molecule has 1 aliphatic rings. The number of pyridine rings is 1. The van der Waals surface area contributed by atoms with Crippen molar-refractivity contribution >= 4 is 23.1 Å². The number of anilines is 1. The second-order valence-electron chi connectivity index (χ2n) is 5.66. The molecule has 2 N–H and O–H groups in total. The lowest BCUT2D eigenvalue weighted by Crippen LogP contribution is -2.44. The molecule has 0 aliphatic carbocycles. The number of halogens is 1. The maximum absolute atomic E-state index is 13.8. The number of hydrogen-bond donors (Lipinski definition) is 2. The third kappa shape index (κ3) is 4.00. The van der Waals surface area contributed by atoms with Crippen LogP contribution in [0.1, 0.15) is 16.3 Å². The van der Waals surface area contributed by atoms with Gasteiger partial charge in [0, 0.05) is 43.4 Å². The molecule has 1 aliphatic heterocycles. The van der Waals surface area contributed by atoms with Gasteiger partial charge in [0.1, 0.15) is 0 Å². The van der Waals surface area contributed by atoms with Crippen molar-refractivity contribution in [1.29, 1.82) is 0 Å².